The molecule has 0 spiro atoms. The highest BCUT2D eigenvalue weighted by molar-refractivity contribution is 7.18. The number of rotatable bonds is 6. The van der Waals surface area contributed by atoms with Crippen LogP contribution in [0.4, 0.5) is 5.69 Å². The molecule has 1 N–H and O–H groups in total. The minimum atomic E-state index is -0.176. The van der Waals surface area contributed by atoms with Crippen LogP contribution in [0.15, 0.2) is 63.4 Å². The number of aromatic nitrogens is 2. The van der Waals surface area contributed by atoms with Crippen LogP contribution in [0.2, 0.25) is 0 Å². The van der Waals surface area contributed by atoms with Crippen molar-refractivity contribution in [1.82, 2.24) is 9.66 Å². The molecule has 28 heavy (non-hydrogen) atoms. The lowest BCUT2D eigenvalue weighted by atomic mass is 10.2. The van der Waals surface area contributed by atoms with Crippen molar-refractivity contribution in [3.05, 3.63) is 69.4 Å². The summed E-state index contributed by atoms with van der Waals surface area (Å²) in [4.78, 5) is 21.1. The van der Waals surface area contributed by atoms with Gasteiger partial charge in [-0.05, 0) is 29.1 Å². The van der Waals surface area contributed by atoms with Gasteiger partial charge in [-0.25, -0.2) is 4.98 Å². The highest BCUT2D eigenvalue weighted by Gasteiger charge is 2.13. The summed E-state index contributed by atoms with van der Waals surface area (Å²) in [5.41, 5.74) is 2.61. The maximum absolute atomic E-state index is 12.9. The molecule has 142 valence electrons. The van der Waals surface area contributed by atoms with Gasteiger partial charge in [0, 0.05) is 35.1 Å². The number of anilines is 1. The Balaban J connectivity index is 1.64. The Kier molecular flexibility index (Phi) is 5.34. The van der Waals surface area contributed by atoms with Crippen molar-refractivity contribution in [2.24, 2.45) is 5.10 Å². The van der Waals surface area contributed by atoms with E-state index < -0.39 is 0 Å². The van der Waals surface area contributed by atoms with Gasteiger partial charge >= 0.3 is 0 Å². The fourth-order valence-electron chi connectivity index (χ4n) is 2.84. The van der Waals surface area contributed by atoms with Crippen molar-refractivity contribution in [3.63, 3.8) is 0 Å². The first-order valence-corrected chi connectivity index (χ1v) is 10.4. The average molecular weight is 411 g/mol. The Hall–Kier alpha value is -2.81. The largest absolute Gasteiger partial charge is 0.395 e. The van der Waals surface area contributed by atoms with Gasteiger partial charge in [-0.15, -0.1) is 22.7 Å². The summed E-state index contributed by atoms with van der Waals surface area (Å²) in [6.07, 6.45) is 3.10. The first-order valence-electron chi connectivity index (χ1n) is 8.66. The van der Waals surface area contributed by atoms with E-state index in [1.165, 1.54) is 22.3 Å². The zero-order valence-electron chi connectivity index (χ0n) is 15.1. The number of aliphatic hydroxyl groups is 1. The van der Waals surface area contributed by atoms with Crippen LogP contribution in [0.1, 0.15) is 5.56 Å². The Labute approximate surface area is 169 Å². The Morgan fingerprint density at radius 1 is 1.25 bits per heavy atom. The van der Waals surface area contributed by atoms with E-state index in [0.29, 0.717) is 11.9 Å². The molecule has 8 heteroatoms. The summed E-state index contributed by atoms with van der Waals surface area (Å²) in [5.74, 6) is 0. The molecule has 4 rings (SSSR count). The molecule has 0 radical (unpaired) electrons. The normalized spacial score (nSPS) is 11.5. The van der Waals surface area contributed by atoms with Crippen molar-refractivity contribution in [2.75, 3.05) is 25.1 Å². The second-order valence-electron chi connectivity index (χ2n) is 6.18. The van der Waals surface area contributed by atoms with Gasteiger partial charge in [0.1, 0.15) is 11.2 Å². The van der Waals surface area contributed by atoms with Crippen molar-refractivity contribution < 1.29 is 5.11 Å². The Morgan fingerprint density at radius 2 is 2.07 bits per heavy atom. The summed E-state index contributed by atoms with van der Waals surface area (Å²) in [5, 5.41) is 17.9. The minimum Gasteiger partial charge on any atom is -0.395 e. The lowest BCUT2D eigenvalue weighted by Crippen LogP contribution is -2.20. The van der Waals surface area contributed by atoms with Crippen LogP contribution >= 0.6 is 22.7 Å². The summed E-state index contributed by atoms with van der Waals surface area (Å²) in [6, 6.07) is 11.7. The van der Waals surface area contributed by atoms with Gasteiger partial charge in [0.2, 0.25) is 0 Å². The second-order valence-corrected chi connectivity index (χ2v) is 7.99. The van der Waals surface area contributed by atoms with Crippen molar-refractivity contribution >= 4 is 44.8 Å². The molecule has 0 bridgehead atoms. The molecular formula is C20H18N4O2S2. The molecule has 6 nitrogen and oxygen atoms in total. The maximum Gasteiger partial charge on any atom is 0.283 e. The topological polar surface area (TPSA) is 70.7 Å². The third-order valence-electron chi connectivity index (χ3n) is 4.37. The molecule has 0 aliphatic carbocycles. The number of likely N-dealkylation sites (N-methyl/N-ethyl adjacent to an activating group) is 1. The number of aliphatic hydroxyl groups excluding tert-OH is 1. The minimum absolute atomic E-state index is 0.105. The van der Waals surface area contributed by atoms with E-state index in [9.17, 15) is 4.79 Å². The number of benzene rings is 1. The molecule has 0 aliphatic rings. The molecule has 4 aromatic rings. The van der Waals surface area contributed by atoms with Crippen LogP contribution in [0, 0.1) is 0 Å². The van der Waals surface area contributed by atoms with E-state index in [0.717, 1.165) is 26.5 Å². The van der Waals surface area contributed by atoms with E-state index in [4.69, 9.17) is 5.11 Å². The summed E-state index contributed by atoms with van der Waals surface area (Å²) < 4.78 is 1.28. The molecule has 3 aromatic heterocycles. The zero-order chi connectivity index (χ0) is 19.5. The number of fused-ring (bicyclic) bond motifs is 1. The van der Waals surface area contributed by atoms with Gasteiger partial charge in [-0.3, -0.25) is 4.79 Å². The average Bonchev–Trinajstić information content (AvgIpc) is 3.38. The lowest BCUT2D eigenvalue weighted by Gasteiger charge is -2.17. The fraction of sp³-hybridized carbons (Fsp3) is 0.150. The molecule has 0 atom stereocenters. The summed E-state index contributed by atoms with van der Waals surface area (Å²) >= 11 is 3.07. The van der Waals surface area contributed by atoms with Gasteiger partial charge in [-0.2, -0.15) is 9.78 Å². The van der Waals surface area contributed by atoms with Crippen LogP contribution in [0.3, 0.4) is 0 Å². The highest BCUT2D eigenvalue weighted by atomic mass is 32.1. The van der Waals surface area contributed by atoms with Crippen molar-refractivity contribution in [3.8, 4) is 10.4 Å². The molecule has 0 amide bonds. The standard InChI is InChI=1S/C20H18N4O2S2/c1-23(8-9-25)15-6-4-14(5-7-15)11-22-24-13-21-19-18(20(24)26)16(12-28-19)17-3-2-10-27-17/h2-7,10-13,25H,8-9H2,1H3/b22-11-. The van der Waals surface area contributed by atoms with Gasteiger partial charge in [-0.1, -0.05) is 18.2 Å². The quantitative estimate of drug-likeness (QED) is 0.494. The smallest absolute Gasteiger partial charge is 0.283 e. The maximum atomic E-state index is 12.9. The molecule has 0 fully saturated rings. The highest BCUT2D eigenvalue weighted by Crippen LogP contribution is 2.33. The van der Waals surface area contributed by atoms with E-state index >= 15 is 0 Å². The third kappa shape index (κ3) is 3.62. The first-order chi connectivity index (χ1) is 13.7. The molecular weight excluding hydrogens is 392 g/mol. The van der Waals surface area contributed by atoms with Crippen molar-refractivity contribution in [2.45, 2.75) is 0 Å². The summed E-state index contributed by atoms with van der Waals surface area (Å²) in [6.45, 7) is 0.676. The molecule has 3 heterocycles. The Bertz CT molecular complexity index is 1160. The third-order valence-corrected chi connectivity index (χ3v) is 6.15. The summed E-state index contributed by atoms with van der Waals surface area (Å²) in [7, 11) is 1.92. The van der Waals surface area contributed by atoms with Gasteiger partial charge in [0.25, 0.3) is 5.56 Å². The predicted octanol–water partition coefficient (Wildman–Crippen LogP) is 3.50. The molecule has 0 aliphatic heterocycles. The predicted molar refractivity (Wildman–Crippen MR) is 117 cm³/mol. The molecule has 0 unspecified atom stereocenters. The van der Waals surface area contributed by atoms with Crippen LogP contribution in [-0.2, 0) is 0 Å². The first kappa shape index (κ1) is 18.5. The SMILES string of the molecule is CN(CCO)c1ccc(/C=N\n2cnc3scc(-c4cccs4)c3c2=O)cc1. The monoisotopic (exact) mass is 410 g/mol. The number of thiophene rings is 2. The van der Waals surface area contributed by atoms with E-state index in [2.05, 4.69) is 10.1 Å². The Morgan fingerprint density at radius 3 is 2.79 bits per heavy atom. The van der Waals surface area contributed by atoms with Gasteiger partial charge in [0.15, 0.2) is 0 Å². The van der Waals surface area contributed by atoms with Crippen LogP contribution in [0.25, 0.3) is 20.7 Å². The second kappa shape index (κ2) is 8.05. The molecule has 0 saturated carbocycles. The fourth-order valence-corrected chi connectivity index (χ4v) is 4.56. The number of hydrogen-bond acceptors (Lipinski definition) is 7. The van der Waals surface area contributed by atoms with Crippen LogP contribution in [0.5, 0.6) is 0 Å². The van der Waals surface area contributed by atoms with E-state index in [1.54, 1.807) is 17.6 Å². The van der Waals surface area contributed by atoms with Crippen LogP contribution in [-0.4, -0.2) is 41.2 Å². The van der Waals surface area contributed by atoms with E-state index in [-0.39, 0.29) is 12.2 Å². The molecule has 1 aromatic carbocycles. The van der Waals surface area contributed by atoms with Crippen LogP contribution < -0.4 is 10.5 Å². The lowest BCUT2D eigenvalue weighted by molar-refractivity contribution is 0.304. The number of hydrogen-bond donors (Lipinski definition) is 1. The van der Waals surface area contributed by atoms with Crippen molar-refractivity contribution in [1.29, 1.82) is 0 Å². The zero-order valence-corrected chi connectivity index (χ0v) is 16.8. The molecule has 0 saturated heterocycles. The van der Waals surface area contributed by atoms with Gasteiger partial charge < -0.3 is 10.0 Å². The van der Waals surface area contributed by atoms with Gasteiger partial charge in [0.05, 0.1) is 18.2 Å². The number of nitrogens with zero attached hydrogens (tertiary/aromatic N) is 4. The van der Waals surface area contributed by atoms with E-state index in [1.807, 2.05) is 59.1 Å².